The number of carboxylic acids is 1. The van der Waals surface area contributed by atoms with Crippen LogP contribution in [0.15, 0.2) is 0 Å². The maximum absolute atomic E-state index is 11.6. The molecular formula is C13H26N4O4. The number of carbonyl (C=O) groups excluding carboxylic acids is 2. The molecule has 0 rings (SSSR count). The number of carboxylic acid groups (broad SMARTS) is 1. The molecule has 7 N–H and O–H groups in total. The van der Waals surface area contributed by atoms with Gasteiger partial charge in [-0.25, -0.2) is 4.79 Å². The lowest BCUT2D eigenvalue weighted by atomic mass is 10.0. The molecule has 0 radical (unpaired) electrons. The van der Waals surface area contributed by atoms with Crippen LogP contribution in [0.25, 0.3) is 0 Å². The van der Waals surface area contributed by atoms with Crippen LogP contribution in [0.5, 0.6) is 0 Å². The van der Waals surface area contributed by atoms with Gasteiger partial charge in [0.2, 0.25) is 11.8 Å². The summed E-state index contributed by atoms with van der Waals surface area (Å²) < 4.78 is 0. The third-order valence-electron chi connectivity index (χ3n) is 2.98. The monoisotopic (exact) mass is 302 g/mol. The average Bonchev–Trinajstić information content (AvgIpc) is 2.41. The van der Waals surface area contributed by atoms with Gasteiger partial charge in [-0.05, 0) is 25.3 Å². The second-order valence-corrected chi connectivity index (χ2v) is 5.24. The third kappa shape index (κ3) is 8.26. The van der Waals surface area contributed by atoms with E-state index in [9.17, 15) is 14.4 Å². The Kier molecular flexibility index (Phi) is 9.31. The van der Waals surface area contributed by atoms with E-state index in [2.05, 4.69) is 10.6 Å². The first-order valence-corrected chi connectivity index (χ1v) is 7.05. The zero-order chi connectivity index (χ0) is 16.4. The minimum Gasteiger partial charge on any atom is -0.480 e. The molecule has 0 saturated carbocycles. The number of aliphatic carboxylic acids is 1. The van der Waals surface area contributed by atoms with E-state index in [1.807, 2.05) is 0 Å². The summed E-state index contributed by atoms with van der Waals surface area (Å²) in [4.78, 5) is 34.2. The lowest BCUT2D eigenvalue weighted by Crippen LogP contribution is -2.50. The molecule has 0 bridgehead atoms. The standard InChI is InChI=1S/C13H26N4O4/c1-8(2)11(13(20)21)17-10(18)7-16-12(19)9(15)5-3-4-6-14/h8-9,11H,3-7,14-15H2,1-2H3,(H,16,19)(H,17,18)(H,20,21)/t9-,11-/m0/s1. The maximum Gasteiger partial charge on any atom is 0.326 e. The van der Waals surface area contributed by atoms with Crippen LogP contribution < -0.4 is 22.1 Å². The zero-order valence-corrected chi connectivity index (χ0v) is 12.6. The Morgan fingerprint density at radius 2 is 1.81 bits per heavy atom. The van der Waals surface area contributed by atoms with E-state index in [1.165, 1.54) is 0 Å². The summed E-state index contributed by atoms with van der Waals surface area (Å²) in [6, 6.07) is -1.67. The molecule has 0 aliphatic heterocycles. The highest BCUT2D eigenvalue weighted by Gasteiger charge is 2.23. The van der Waals surface area contributed by atoms with Crippen molar-refractivity contribution < 1.29 is 19.5 Å². The highest BCUT2D eigenvalue weighted by molar-refractivity contribution is 5.89. The van der Waals surface area contributed by atoms with E-state index in [0.717, 1.165) is 12.8 Å². The predicted molar refractivity (Wildman–Crippen MR) is 78.3 cm³/mol. The van der Waals surface area contributed by atoms with Crippen molar-refractivity contribution in [2.24, 2.45) is 17.4 Å². The summed E-state index contributed by atoms with van der Waals surface area (Å²) in [6.45, 7) is 3.62. The molecule has 0 heterocycles. The first-order valence-electron chi connectivity index (χ1n) is 7.05. The SMILES string of the molecule is CC(C)[C@H](NC(=O)CNC(=O)[C@@H](N)CCCCN)C(=O)O. The van der Waals surface area contributed by atoms with Gasteiger partial charge >= 0.3 is 5.97 Å². The molecule has 0 aliphatic carbocycles. The number of nitrogens with one attached hydrogen (secondary N) is 2. The molecule has 0 aromatic heterocycles. The molecule has 8 nitrogen and oxygen atoms in total. The Balaban J connectivity index is 4.11. The van der Waals surface area contributed by atoms with Crippen molar-refractivity contribution in [1.82, 2.24) is 10.6 Å². The Hall–Kier alpha value is -1.67. The van der Waals surface area contributed by atoms with Gasteiger partial charge in [0.25, 0.3) is 0 Å². The van der Waals surface area contributed by atoms with Crippen molar-refractivity contribution in [3.05, 3.63) is 0 Å². The summed E-state index contributed by atoms with van der Waals surface area (Å²) in [7, 11) is 0. The Morgan fingerprint density at radius 1 is 1.19 bits per heavy atom. The smallest absolute Gasteiger partial charge is 0.326 e. The molecule has 0 aliphatic rings. The van der Waals surface area contributed by atoms with Crippen LogP contribution in [0.1, 0.15) is 33.1 Å². The highest BCUT2D eigenvalue weighted by Crippen LogP contribution is 2.01. The van der Waals surface area contributed by atoms with Crippen LogP contribution in [0.3, 0.4) is 0 Å². The van der Waals surface area contributed by atoms with Gasteiger partial charge in [-0.15, -0.1) is 0 Å². The van der Waals surface area contributed by atoms with Crippen molar-refractivity contribution in [3.8, 4) is 0 Å². The van der Waals surface area contributed by atoms with Gasteiger partial charge in [-0.3, -0.25) is 9.59 Å². The molecule has 0 fully saturated rings. The molecule has 0 spiro atoms. The highest BCUT2D eigenvalue weighted by atomic mass is 16.4. The molecule has 8 heteroatoms. The summed E-state index contributed by atoms with van der Waals surface area (Å²) in [6.07, 6.45) is 2.02. The van der Waals surface area contributed by atoms with E-state index in [-0.39, 0.29) is 12.5 Å². The second kappa shape index (κ2) is 10.1. The van der Waals surface area contributed by atoms with Crippen molar-refractivity contribution in [2.75, 3.05) is 13.1 Å². The summed E-state index contributed by atoms with van der Waals surface area (Å²) in [5, 5.41) is 13.7. The number of amides is 2. The van der Waals surface area contributed by atoms with E-state index in [4.69, 9.17) is 16.6 Å². The number of hydrogen-bond donors (Lipinski definition) is 5. The Bertz CT molecular complexity index is 360. The van der Waals surface area contributed by atoms with Crippen molar-refractivity contribution in [1.29, 1.82) is 0 Å². The van der Waals surface area contributed by atoms with Crippen LogP contribution in [-0.2, 0) is 14.4 Å². The molecule has 21 heavy (non-hydrogen) atoms. The lowest BCUT2D eigenvalue weighted by molar-refractivity contribution is -0.143. The van der Waals surface area contributed by atoms with Crippen LogP contribution >= 0.6 is 0 Å². The third-order valence-corrected chi connectivity index (χ3v) is 2.98. The van der Waals surface area contributed by atoms with Gasteiger partial charge in [0.05, 0.1) is 12.6 Å². The summed E-state index contributed by atoms with van der Waals surface area (Å²) in [5.41, 5.74) is 11.0. The van der Waals surface area contributed by atoms with Gasteiger partial charge in [-0.1, -0.05) is 20.3 Å². The van der Waals surface area contributed by atoms with E-state index >= 15 is 0 Å². The van der Waals surface area contributed by atoms with Crippen molar-refractivity contribution in [3.63, 3.8) is 0 Å². The van der Waals surface area contributed by atoms with Gasteiger partial charge in [0, 0.05) is 0 Å². The first-order chi connectivity index (χ1) is 9.79. The molecule has 0 aromatic rings. The second-order valence-electron chi connectivity index (χ2n) is 5.24. The number of carbonyl (C=O) groups is 3. The van der Waals surface area contributed by atoms with Gasteiger partial charge in [-0.2, -0.15) is 0 Å². The average molecular weight is 302 g/mol. The number of rotatable bonds is 10. The minimum absolute atomic E-state index is 0.249. The number of nitrogens with two attached hydrogens (primary N) is 2. The molecule has 2 atom stereocenters. The van der Waals surface area contributed by atoms with Gasteiger partial charge in [0.15, 0.2) is 0 Å². The summed E-state index contributed by atoms with van der Waals surface area (Å²) >= 11 is 0. The van der Waals surface area contributed by atoms with Gasteiger partial charge in [0.1, 0.15) is 6.04 Å². The van der Waals surface area contributed by atoms with Crippen molar-refractivity contribution in [2.45, 2.75) is 45.2 Å². The zero-order valence-electron chi connectivity index (χ0n) is 12.6. The molecule has 2 amide bonds. The normalized spacial score (nSPS) is 13.6. The van der Waals surface area contributed by atoms with E-state index in [0.29, 0.717) is 13.0 Å². The first kappa shape index (κ1) is 19.3. The Labute approximate surface area is 124 Å². The Morgan fingerprint density at radius 3 is 2.29 bits per heavy atom. The predicted octanol–water partition coefficient (Wildman–Crippen LogP) is -1.22. The number of hydrogen-bond acceptors (Lipinski definition) is 5. The van der Waals surface area contributed by atoms with Crippen molar-refractivity contribution >= 4 is 17.8 Å². The topological polar surface area (TPSA) is 148 Å². The largest absolute Gasteiger partial charge is 0.480 e. The molecular weight excluding hydrogens is 276 g/mol. The molecule has 0 unspecified atom stereocenters. The summed E-state index contributed by atoms with van der Waals surface area (Å²) in [5.74, 6) is -2.35. The van der Waals surface area contributed by atoms with E-state index in [1.54, 1.807) is 13.8 Å². The number of unbranched alkanes of at least 4 members (excludes halogenated alkanes) is 1. The fourth-order valence-electron chi connectivity index (χ4n) is 1.68. The van der Waals surface area contributed by atoms with Crippen LogP contribution in [-0.4, -0.2) is 48.1 Å². The fourth-order valence-corrected chi connectivity index (χ4v) is 1.68. The van der Waals surface area contributed by atoms with Gasteiger partial charge < -0.3 is 27.2 Å². The van der Waals surface area contributed by atoms with Crippen LogP contribution in [0, 0.1) is 5.92 Å². The maximum atomic E-state index is 11.6. The quantitative estimate of drug-likeness (QED) is 0.320. The molecule has 0 aromatic carbocycles. The molecule has 122 valence electrons. The lowest BCUT2D eigenvalue weighted by Gasteiger charge is -2.18. The van der Waals surface area contributed by atoms with E-state index < -0.39 is 29.9 Å². The van der Waals surface area contributed by atoms with Crippen LogP contribution in [0.4, 0.5) is 0 Å². The minimum atomic E-state index is -1.11. The molecule has 0 saturated heterocycles. The fraction of sp³-hybridized carbons (Fsp3) is 0.769. The van der Waals surface area contributed by atoms with Crippen LogP contribution in [0.2, 0.25) is 0 Å².